The molecular weight excluding hydrogens is 463 g/mol. The second kappa shape index (κ2) is 45.0. The maximum absolute atomic E-state index is 0. The third-order valence-corrected chi connectivity index (χ3v) is 0. The average Bonchev–Trinajstić information content (AvgIpc) is 0. The first-order chi connectivity index (χ1) is 0. The predicted molar refractivity (Wildman–Crippen MR) is 1.37 cm³/mol. The molecule has 0 fully saturated rings. The van der Waals surface area contributed by atoms with E-state index in [1.807, 2.05) is 0 Å². The van der Waals surface area contributed by atoms with Gasteiger partial charge in [-0.25, -0.2) is 0 Å². The van der Waals surface area contributed by atoms with Crippen LogP contribution in [0, 0.1) is 0 Å². The summed E-state index contributed by atoms with van der Waals surface area (Å²) in [4.78, 5) is 0. The van der Waals surface area contributed by atoms with Gasteiger partial charge in [0.05, 0.1) is 0 Å². The van der Waals surface area contributed by atoms with Gasteiger partial charge in [-0.2, -0.15) is 0 Å². The monoisotopic (exact) mass is 460 g/mol. The van der Waals surface area contributed by atoms with E-state index in [4.69, 9.17) is 0 Å². The summed E-state index contributed by atoms with van der Waals surface area (Å²) in [5, 5.41) is 0. The van der Waals surface area contributed by atoms with Gasteiger partial charge in [-0.05, 0) is 0 Å². The zero-order valence-electron chi connectivity index (χ0n) is 2.02. The summed E-state index contributed by atoms with van der Waals surface area (Å²) in [7, 11) is 0. The first-order valence-corrected chi connectivity index (χ1v) is 0. The smallest absolute Gasteiger partial charge is 1.00 e. The largest absolute Gasteiger partial charge is 2.00 e. The van der Waals surface area contributed by atoms with E-state index >= 15 is 0 Å². The summed E-state index contributed by atoms with van der Waals surface area (Å²) < 4.78 is 0. The van der Waals surface area contributed by atoms with Crippen LogP contribution in [0.4, 0.5) is 0 Å². The molecule has 0 rings (SSSR count). The van der Waals surface area contributed by atoms with Gasteiger partial charge >= 0.3 is 44.8 Å². The Morgan fingerprint density at radius 1 is 0.667 bits per heavy atom. The molecule has 0 aliphatic carbocycles. The van der Waals surface area contributed by atoms with Crippen molar-refractivity contribution in [3.05, 3.63) is 0 Å². The molecule has 0 amide bonds. The van der Waals surface area contributed by atoms with Crippen molar-refractivity contribution in [2.45, 2.75) is 0 Å². The normalized spacial score (nSPS) is 0. The Bertz CT molecular complexity index is 5.51. The quantitative estimate of drug-likeness (QED) is 0.445. The van der Waals surface area contributed by atoms with Crippen LogP contribution in [0.25, 0.3) is 0 Å². The van der Waals surface area contributed by atoms with Crippen molar-refractivity contribution in [1.82, 2.24) is 0 Å². The third kappa shape index (κ3) is 28.7. The zero-order chi connectivity index (χ0) is 0. The van der Waals surface area contributed by atoms with E-state index in [1.54, 1.807) is 0 Å². The number of hydrogen-bond donors (Lipinski definition) is 0. The molecule has 56 valence electrons. The van der Waals surface area contributed by atoms with E-state index in [2.05, 4.69) is 0 Å². The molecule has 0 N–H and O–H groups in total. The Morgan fingerprint density at radius 3 is 0.667 bits per heavy atom. The minimum absolute atomic E-state index is 0. The molecular formula is Ag4O2. The molecule has 6 heavy (non-hydrogen) atoms. The molecule has 0 unspecified atom stereocenters. The Morgan fingerprint density at radius 2 is 0.667 bits per heavy atom. The minimum Gasteiger partial charge on any atom is -2.00 e. The average molecular weight is 463 g/mol. The fourth-order valence-corrected chi connectivity index (χ4v) is 0. The van der Waals surface area contributed by atoms with Crippen molar-refractivity contribution in [2.24, 2.45) is 0 Å². The first kappa shape index (κ1) is 66.5. The van der Waals surface area contributed by atoms with Gasteiger partial charge in [0.2, 0.25) is 0 Å². The van der Waals surface area contributed by atoms with Crippen LogP contribution in [-0.4, -0.2) is 0 Å². The van der Waals surface area contributed by atoms with Crippen LogP contribution in [0.15, 0.2) is 0 Å². The first-order valence-electron chi connectivity index (χ1n) is 0. The van der Waals surface area contributed by atoms with Crippen LogP contribution in [0.2, 0.25) is 0 Å². The van der Waals surface area contributed by atoms with Crippen LogP contribution < -0.4 is 0 Å². The standard InChI is InChI=1S/4Ag.2O/q;;2*+1;;-2. The molecule has 0 spiro atoms. The molecule has 0 atom stereocenters. The predicted octanol–water partition coefficient (Wildman–Crippen LogP) is -0.248. The maximum atomic E-state index is 0. The van der Waals surface area contributed by atoms with Gasteiger partial charge < -0.3 is 5.48 Å². The minimum atomic E-state index is 0. The van der Waals surface area contributed by atoms with Crippen molar-refractivity contribution in [3.8, 4) is 0 Å². The molecule has 6 heteroatoms. The molecule has 0 aliphatic rings. The van der Waals surface area contributed by atoms with Crippen molar-refractivity contribution >= 4 is 0 Å². The van der Waals surface area contributed by atoms with Crippen LogP contribution in [0.3, 0.4) is 0 Å². The molecule has 0 saturated heterocycles. The molecule has 0 aromatic rings. The summed E-state index contributed by atoms with van der Waals surface area (Å²) in [5.74, 6) is 0. The Balaban J connectivity index is 0. The fraction of sp³-hybridized carbons (Fsp3) is 0. The summed E-state index contributed by atoms with van der Waals surface area (Å²) in [6, 6.07) is 0. The summed E-state index contributed by atoms with van der Waals surface area (Å²) >= 11 is 0. The fourth-order valence-electron chi connectivity index (χ4n) is 0. The van der Waals surface area contributed by atoms with E-state index in [9.17, 15) is 0 Å². The van der Waals surface area contributed by atoms with Crippen LogP contribution >= 0.6 is 0 Å². The van der Waals surface area contributed by atoms with Gasteiger partial charge in [-0.1, -0.05) is 0 Å². The van der Waals surface area contributed by atoms with Gasteiger partial charge in [-0.15, -0.1) is 0 Å². The van der Waals surface area contributed by atoms with E-state index < -0.39 is 0 Å². The van der Waals surface area contributed by atoms with Crippen LogP contribution in [0.5, 0.6) is 0 Å². The molecule has 0 heterocycles. The van der Waals surface area contributed by atoms with Crippen LogP contribution in [-0.2, 0) is 100 Å². The molecule has 0 saturated carbocycles. The molecule has 4 radical (unpaired) electrons. The maximum Gasteiger partial charge on any atom is 1.00 e. The van der Waals surface area contributed by atoms with Crippen molar-refractivity contribution in [2.75, 3.05) is 0 Å². The van der Waals surface area contributed by atoms with Crippen LogP contribution in [0.1, 0.15) is 0 Å². The van der Waals surface area contributed by atoms with E-state index in [0.29, 0.717) is 0 Å². The van der Waals surface area contributed by atoms with Crippen molar-refractivity contribution in [1.29, 1.82) is 0 Å². The van der Waals surface area contributed by atoms with Gasteiger partial charge in [-0.3, -0.25) is 0 Å². The van der Waals surface area contributed by atoms with Gasteiger partial charge in [0.15, 0.2) is 0 Å². The number of hydrogen-bond acceptors (Lipinski definition) is 0. The SMILES string of the molecule is [Ag+].[Ag+].[Ag].[Ag].[O-2].[O]. The summed E-state index contributed by atoms with van der Waals surface area (Å²) in [5.41, 5.74) is 0. The van der Waals surface area contributed by atoms with Crippen molar-refractivity contribution < 1.29 is 100 Å². The van der Waals surface area contributed by atoms with Gasteiger partial charge in [0.1, 0.15) is 0 Å². The van der Waals surface area contributed by atoms with Gasteiger partial charge in [0.25, 0.3) is 0 Å². The topological polar surface area (TPSA) is 57.0 Å². The second-order valence-corrected chi connectivity index (χ2v) is 0. The molecule has 0 bridgehead atoms. The molecule has 0 aromatic carbocycles. The second-order valence-electron chi connectivity index (χ2n) is 0. The van der Waals surface area contributed by atoms with Gasteiger partial charge in [0, 0.05) is 50.2 Å². The molecule has 0 aromatic heterocycles. The summed E-state index contributed by atoms with van der Waals surface area (Å²) in [6.07, 6.45) is 0. The van der Waals surface area contributed by atoms with E-state index in [-0.39, 0.29) is 100 Å². The molecule has 0 aliphatic heterocycles. The summed E-state index contributed by atoms with van der Waals surface area (Å²) in [6.45, 7) is 0. The Hall–Kier alpha value is 2.88. The molecule has 2 nitrogen and oxygen atoms in total. The Labute approximate surface area is 98.9 Å². The van der Waals surface area contributed by atoms with E-state index in [0.717, 1.165) is 0 Å². The van der Waals surface area contributed by atoms with Crippen molar-refractivity contribution in [3.63, 3.8) is 0 Å². The third-order valence-electron chi connectivity index (χ3n) is 0. The number of rotatable bonds is 0. The van der Waals surface area contributed by atoms with E-state index in [1.165, 1.54) is 0 Å². The zero-order valence-corrected chi connectivity index (χ0v) is 7.95. The Kier molecular flexibility index (Phi) is 498.